The molecule has 0 bridgehead atoms. The van der Waals surface area contributed by atoms with E-state index in [0.29, 0.717) is 0 Å². The smallest absolute Gasteiger partial charge is 0.0794 e. The third-order valence-corrected chi connectivity index (χ3v) is 10.0. The van der Waals surface area contributed by atoms with E-state index >= 15 is 0 Å². The molecule has 1 heterocycles. The summed E-state index contributed by atoms with van der Waals surface area (Å²) in [4.78, 5) is 5.33. The van der Waals surface area contributed by atoms with Crippen molar-refractivity contribution in [1.29, 1.82) is 0 Å². The molecule has 7 aromatic carbocycles. The van der Waals surface area contributed by atoms with E-state index in [9.17, 15) is 0 Å². The van der Waals surface area contributed by atoms with E-state index < -0.39 is 0 Å². The van der Waals surface area contributed by atoms with Gasteiger partial charge in [0.15, 0.2) is 0 Å². The average Bonchev–Trinajstić information content (AvgIpc) is 3.07. The molecule has 0 aliphatic carbocycles. The minimum atomic E-state index is -0.0719. The molecule has 8 rings (SSSR count). The molecule has 0 aliphatic heterocycles. The van der Waals surface area contributed by atoms with Gasteiger partial charge in [-0.05, 0) is 57.2 Å². The summed E-state index contributed by atoms with van der Waals surface area (Å²) in [7, 11) is -0.0719. The van der Waals surface area contributed by atoms with E-state index in [4.69, 9.17) is 4.98 Å². The van der Waals surface area contributed by atoms with Gasteiger partial charge in [0, 0.05) is 27.1 Å². The van der Waals surface area contributed by atoms with Crippen molar-refractivity contribution in [3.63, 3.8) is 0 Å². The number of benzene rings is 7. The lowest BCUT2D eigenvalue weighted by atomic mass is 9.91. The first-order chi connectivity index (χ1) is 21.1. The minimum absolute atomic E-state index is 0.0719. The average molecular weight is 568 g/mol. The first-order valence-electron chi connectivity index (χ1n) is 14.8. The zero-order valence-corrected chi connectivity index (χ0v) is 25.1. The van der Waals surface area contributed by atoms with Crippen LogP contribution in [-0.2, 0) is 0 Å². The number of rotatable bonds is 4. The number of fused-ring (bicyclic) bond motifs is 6. The van der Waals surface area contributed by atoms with Crippen LogP contribution in [0.25, 0.3) is 76.7 Å². The van der Waals surface area contributed by atoms with Gasteiger partial charge in [0.05, 0.1) is 11.0 Å². The van der Waals surface area contributed by atoms with E-state index in [2.05, 4.69) is 159 Å². The molecule has 2 heteroatoms. The van der Waals surface area contributed by atoms with Crippen LogP contribution in [0.4, 0.5) is 0 Å². The molecule has 1 aromatic heterocycles. The number of hydrogen-bond donors (Lipinski definition) is 0. The standard InChI is InChI=1S/C41H30NP/c1-43(2)34-23-19-30(20-24-34)28-13-11-27(12-14-28)29-15-17-33(18-16-29)39-37-25-21-31-7-3-5-9-35(31)40(37)42-41-36-10-6-4-8-32(36)22-26-38(39)41/h3-26H,1-2H3. The van der Waals surface area contributed by atoms with Crippen LogP contribution in [0.3, 0.4) is 0 Å². The Labute approximate surface area is 253 Å². The van der Waals surface area contributed by atoms with E-state index in [1.165, 1.54) is 71.0 Å². The fourth-order valence-electron chi connectivity index (χ4n) is 6.36. The number of aromatic nitrogens is 1. The molecule has 0 spiro atoms. The van der Waals surface area contributed by atoms with Gasteiger partial charge in [-0.2, -0.15) is 0 Å². The van der Waals surface area contributed by atoms with Crippen LogP contribution in [0, 0.1) is 0 Å². The fourth-order valence-corrected chi connectivity index (χ4v) is 7.10. The summed E-state index contributed by atoms with van der Waals surface area (Å²) in [6.45, 7) is 4.60. The Bertz CT molecular complexity index is 2190. The number of nitrogens with zero attached hydrogens (tertiary/aromatic N) is 1. The topological polar surface area (TPSA) is 12.9 Å². The maximum atomic E-state index is 5.33. The van der Waals surface area contributed by atoms with Crippen molar-refractivity contribution in [1.82, 2.24) is 4.98 Å². The van der Waals surface area contributed by atoms with Crippen molar-refractivity contribution >= 4 is 56.6 Å². The molecule has 0 aliphatic rings. The lowest BCUT2D eigenvalue weighted by molar-refractivity contribution is 1.53. The van der Waals surface area contributed by atoms with Crippen LogP contribution in [0.2, 0.25) is 0 Å². The molecule has 0 saturated carbocycles. The summed E-state index contributed by atoms with van der Waals surface area (Å²) in [6.07, 6.45) is 0. The lowest BCUT2D eigenvalue weighted by Gasteiger charge is -2.15. The third kappa shape index (κ3) is 4.49. The summed E-state index contributed by atoms with van der Waals surface area (Å²) < 4.78 is 0. The second kappa shape index (κ2) is 10.5. The normalized spacial score (nSPS) is 11.7. The second-order valence-electron chi connectivity index (χ2n) is 11.4. The summed E-state index contributed by atoms with van der Waals surface area (Å²) in [5, 5.41) is 8.60. The Balaban J connectivity index is 1.24. The molecule has 8 aromatic rings. The van der Waals surface area contributed by atoms with Gasteiger partial charge in [-0.3, -0.25) is 0 Å². The van der Waals surface area contributed by atoms with Crippen LogP contribution in [0.1, 0.15) is 0 Å². The van der Waals surface area contributed by atoms with E-state index in [1.54, 1.807) is 0 Å². The molecule has 0 radical (unpaired) electrons. The van der Waals surface area contributed by atoms with Crippen LogP contribution in [-0.4, -0.2) is 18.3 Å². The highest BCUT2D eigenvalue weighted by atomic mass is 31.1. The zero-order chi connectivity index (χ0) is 28.9. The Hall–Kier alpha value is -4.84. The van der Waals surface area contributed by atoms with Crippen LogP contribution in [0.5, 0.6) is 0 Å². The Morgan fingerprint density at radius 1 is 0.372 bits per heavy atom. The van der Waals surface area contributed by atoms with Gasteiger partial charge in [-0.25, -0.2) is 4.98 Å². The molecule has 43 heavy (non-hydrogen) atoms. The molecule has 0 unspecified atom stereocenters. The number of pyridine rings is 1. The second-order valence-corrected chi connectivity index (χ2v) is 13.8. The maximum absolute atomic E-state index is 5.33. The van der Waals surface area contributed by atoms with Gasteiger partial charge in [0.2, 0.25) is 0 Å². The first kappa shape index (κ1) is 25.8. The number of hydrogen-bond acceptors (Lipinski definition) is 1. The molecule has 0 saturated heterocycles. The Morgan fingerprint density at radius 2 is 0.767 bits per heavy atom. The van der Waals surface area contributed by atoms with E-state index in [-0.39, 0.29) is 7.92 Å². The summed E-state index contributed by atoms with van der Waals surface area (Å²) in [6, 6.07) is 53.1. The van der Waals surface area contributed by atoms with Gasteiger partial charge in [-0.15, -0.1) is 0 Å². The van der Waals surface area contributed by atoms with Crippen LogP contribution < -0.4 is 5.30 Å². The Kier molecular flexibility index (Phi) is 6.28. The quantitative estimate of drug-likeness (QED) is 0.117. The van der Waals surface area contributed by atoms with Crippen molar-refractivity contribution in [3.05, 3.63) is 146 Å². The highest BCUT2D eigenvalue weighted by Crippen LogP contribution is 2.40. The maximum Gasteiger partial charge on any atom is 0.0794 e. The molecular formula is C41H30NP. The zero-order valence-electron chi connectivity index (χ0n) is 24.3. The highest BCUT2D eigenvalue weighted by molar-refractivity contribution is 7.64. The van der Waals surface area contributed by atoms with Crippen molar-refractivity contribution in [2.75, 3.05) is 13.3 Å². The summed E-state index contributed by atoms with van der Waals surface area (Å²) in [5.74, 6) is 0. The van der Waals surface area contributed by atoms with Gasteiger partial charge in [-0.1, -0.05) is 154 Å². The van der Waals surface area contributed by atoms with Gasteiger partial charge < -0.3 is 0 Å². The predicted molar refractivity (Wildman–Crippen MR) is 189 cm³/mol. The monoisotopic (exact) mass is 567 g/mol. The largest absolute Gasteiger partial charge is 0.246 e. The van der Waals surface area contributed by atoms with Gasteiger partial charge in [0.25, 0.3) is 0 Å². The predicted octanol–water partition coefficient (Wildman–Crippen LogP) is 11.1. The van der Waals surface area contributed by atoms with Crippen LogP contribution in [0.15, 0.2) is 146 Å². The van der Waals surface area contributed by atoms with E-state index in [1.807, 2.05) is 0 Å². The lowest BCUT2D eigenvalue weighted by Crippen LogP contribution is -1.97. The van der Waals surface area contributed by atoms with Crippen molar-refractivity contribution in [3.8, 4) is 33.4 Å². The Morgan fingerprint density at radius 3 is 1.21 bits per heavy atom. The summed E-state index contributed by atoms with van der Waals surface area (Å²) >= 11 is 0. The first-order valence-corrected chi connectivity index (χ1v) is 17.0. The van der Waals surface area contributed by atoms with Crippen molar-refractivity contribution < 1.29 is 0 Å². The molecule has 0 fully saturated rings. The third-order valence-electron chi connectivity index (χ3n) is 8.67. The molecule has 1 nitrogen and oxygen atoms in total. The highest BCUT2D eigenvalue weighted by Gasteiger charge is 2.15. The van der Waals surface area contributed by atoms with Crippen LogP contribution >= 0.6 is 7.92 Å². The van der Waals surface area contributed by atoms with Crippen molar-refractivity contribution in [2.24, 2.45) is 0 Å². The molecule has 0 amide bonds. The van der Waals surface area contributed by atoms with E-state index in [0.717, 1.165) is 11.0 Å². The van der Waals surface area contributed by atoms with Crippen molar-refractivity contribution in [2.45, 2.75) is 0 Å². The molecule has 0 atom stereocenters. The fraction of sp³-hybridized carbons (Fsp3) is 0.0488. The minimum Gasteiger partial charge on any atom is -0.246 e. The summed E-state index contributed by atoms with van der Waals surface area (Å²) in [5.41, 5.74) is 9.50. The SMILES string of the molecule is CP(C)c1ccc(-c2ccc(-c3ccc(-c4c5ccc6ccccc6c5nc5c4ccc4ccccc45)cc3)cc2)cc1. The molecule has 204 valence electrons. The van der Waals surface area contributed by atoms with Gasteiger partial charge >= 0.3 is 0 Å². The molecular weight excluding hydrogens is 537 g/mol. The molecule has 0 N–H and O–H groups in total. The van der Waals surface area contributed by atoms with Gasteiger partial charge in [0.1, 0.15) is 0 Å².